The number of nitrogens with zero attached hydrogens (tertiary/aromatic N) is 2. The van der Waals surface area contributed by atoms with Gasteiger partial charge in [-0.05, 0) is 26.7 Å². The van der Waals surface area contributed by atoms with Gasteiger partial charge in [-0.3, -0.25) is 9.59 Å². The van der Waals surface area contributed by atoms with Crippen molar-refractivity contribution in [2.75, 3.05) is 19.6 Å². The van der Waals surface area contributed by atoms with Gasteiger partial charge in [0, 0.05) is 39.0 Å². The summed E-state index contributed by atoms with van der Waals surface area (Å²) in [6.07, 6.45) is 5.06. The maximum absolute atomic E-state index is 11.9. The minimum atomic E-state index is 0.106. The van der Waals surface area contributed by atoms with Crippen molar-refractivity contribution in [1.82, 2.24) is 9.80 Å². The number of hydrogen-bond acceptors (Lipinski definition) is 2. The summed E-state index contributed by atoms with van der Waals surface area (Å²) in [5.74, 6) is 0.262. The molecule has 0 aliphatic heterocycles. The minimum absolute atomic E-state index is 0.106. The van der Waals surface area contributed by atoms with Gasteiger partial charge >= 0.3 is 0 Å². The minimum Gasteiger partial charge on any atom is -0.343 e. The van der Waals surface area contributed by atoms with Crippen LogP contribution in [0.15, 0.2) is 0 Å². The Balaban J connectivity index is 2.47. The predicted molar refractivity (Wildman–Crippen MR) is 72.2 cm³/mol. The summed E-state index contributed by atoms with van der Waals surface area (Å²) in [5, 5.41) is 0. The molecule has 104 valence electrons. The molecule has 1 fully saturated rings. The highest BCUT2D eigenvalue weighted by Gasteiger charge is 2.25. The van der Waals surface area contributed by atoms with Crippen molar-refractivity contribution >= 4 is 11.8 Å². The Bertz CT molecular complexity index is 282. The van der Waals surface area contributed by atoms with Crippen LogP contribution in [0, 0.1) is 0 Å². The molecule has 0 atom stereocenters. The molecule has 0 spiro atoms. The first-order valence-electron chi connectivity index (χ1n) is 7.15. The molecule has 0 unspecified atom stereocenters. The lowest BCUT2D eigenvalue weighted by molar-refractivity contribution is -0.134. The van der Waals surface area contributed by atoms with Crippen molar-refractivity contribution in [1.29, 1.82) is 0 Å². The third kappa shape index (κ3) is 4.00. The number of amides is 2. The fourth-order valence-corrected chi connectivity index (χ4v) is 2.76. The molecule has 2 amide bonds. The summed E-state index contributed by atoms with van der Waals surface area (Å²) < 4.78 is 0. The highest BCUT2D eigenvalue weighted by atomic mass is 16.2. The van der Waals surface area contributed by atoms with Crippen LogP contribution in [0.4, 0.5) is 0 Å². The van der Waals surface area contributed by atoms with Crippen molar-refractivity contribution in [3.63, 3.8) is 0 Å². The van der Waals surface area contributed by atoms with E-state index in [2.05, 4.69) is 0 Å². The number of carbonyl (C=O) groups is 2. The number of rotatable bonds is 6. The van der Waals surface area contributed by atoms with Gasteiger partial charge in [-0.2, -0.15) is 0 Å². The van der Waals surface area contributed by atoms with Crippen molar-refractivity contribution in [3.05, 3.63) is 0 Å². The van der Waals surface area contributed by atoms with Crippen LogP contribution >= 0.6 is 0 Å². The van der Waals surface area contributed by atoms with Crippen LogP contribution in [0.5, 0.6) is 0 Å². The maximum Gasteiger partial charge on any atom is 0.224 e. The van der Waals surface area contributed by atoms with Crippen LogP contribution in [-0.4, -0.2) is 47.3 Å². The SMILES string of the molecule is CCN(CC)C(=O)CCN(C(C)=O)C1CCCC1. The van der Waals surface area contributed by atoms with Crippen LogP contribution < -0.4 is 0 Å². The molecular weight excluding hydrogens is 228 g/mol. The molecule has 0 aromatic rings. The van der Waals surface area contributed by atoms with E-state index >= 15 is 0 Å². The van der Waals surface area contributed by atoms with Gasteiger partial charge in [0.25, 0.3) is 0 Å². The van der Waals surface area contributed by atoms with E-state index in [-0.39, 0.29) is 11.8 Å². The maximum atomic E-state index is 11.9. The topological polar surface area (TPSA) is 40.6 Å². The second-order valence-corrected chi connectivity index (χ2v) is 4.97. The average Bonchev–Trinajstić information content (AvgIpc) is 2.84. The summed E-state index contributed by atoms with van der Waals surface area (Å²) >= 11 is 0. The summed E-state index contributed by atoms with van der Waals surface area (Å²) in [5.41, 5.74) is 0. The summed E-state index contributed by atoms with van der Waals surface area (Å²) in [4.78, 5) is 27.3. The van der Waals surface area contributed by atoms with E-state index in [4.69, 9.17) is 0 Å². The second-order valence-electron chi connectivity index (χ2n) is 4.97. The van der Waals surface area contributed by atoms with Crippen molar-refractivity contribution in [3.8, 4) is 0 Å². The lowest BCUT2D eigenvalue weighted by Crippen LogP contribution is -2.40. The third-order valence-corrected chi connectivity index (χ3v) is 3.85. The van der Waals surface area contributed by atoms with Gasteiger partial charge in [-0.25, -0.2) is 0 Å². The molecule has 0 bridgehead atoms. The van der Waals surface area contributed by atoms with E-state index in [0.717, 1.165) is 25.9 Å². The van der Waals surface area contributed by atoms with Crippen LogP contribution in [0.3, 0.4) is 0 Å². The van der Waals surface area contributed by atoms with Gasteiger partial charge in [-0.15, -0.1) is 0 Å². The van der Waals surface area contributed by atoms with Gasteiger partial charge in [0.05, 0.1) is 0 Å². The molecular formula is C14H26N2O2. The fraction of sp³-hybridized carbons (Fsp3) is 0.857. The Kier molecular flexibility index (Phi) is 6.16. The Morgan fingerprint density at radius 3 is 2.11 bits per heavy atom. The first-order chi connectivity index (χ1) is 8.60. The molecule has 0 saturated heterocycles. The first-order valence-corrected chi connectivity index (χ1v) is 7.15. The first kappa shape index (κ1) is 15.0. The quantitative estimate of drug-likeness (QED) is 0.727. The molecule has 1 aliphatic carbocycles. The highest BCUT2D eigenvalue weighted by Crippen LogP contribution is 2.23. The van der Waals surface area contributed by atoms with E-state index in [9.17, 15) is 9.59 Å². The average molecular weight is 254 g/mol. The zero-order chi connectivity index (χ0) is 13.5. The van der Waals surface area contributed by atoms with Crippen LogP contribution in [0.2, 0.25) is 0 Å². The standard InChI is InChI=1S/C14H26N2O2/c1-4-15(5-2)14(18)10-11-16(12(3)17)13-8-6-7-9-13/h13H,4-11H2,1-3H3. The summed E-state index contributed by atoms with van der Waals surface area (Å²) in [6, 6.07) is 0.368. The monoisotopic (exact) mass is 254 g/mol. The van der Waals surface area contributed by atoms with Crippen LogP contribution in [0.1, 0.15) is 52.9 Å². The normalized spacial score (nSPS) is 15.7. The molecule has 0 radical (unpaired) electrons. The Labute approximate surface area is 110 Å². The Hall–Kier alpha value is -1.06. The Morgan fingerprint density at radius 2 is 1.67 bits per heavy atom. The highest BCUT2D eigenvalue weighted by molar-refractivity contribution is 5.78. The van der Waals surface area contributed by atoms with Gasteiger partial charge in [0.1, 0.15) is 0 Å². The zero-order valence-electron chi connectivity index (χ0n) is 11.9. The van der Waals surface area contributed by atoms with Gasteiger partial charge in [0.2, 0.25) is 11.8 Å². The molecule has 4 nitrogen and oxygen atoms in total. The smallest absolute Gasteiger partial charge is 0.224 e. The molecule has 18 heavy (non-hydrogen) atoms. The number of hydrogen-bond donors (Lipinski definition) is 0. The summed E-state index contributed by atoms with van der Waals surface area (Å²) in [7, 11) is 0. The molecule has 0 heterocycles. The van der Waals surface area contributed by atoms with Crippen molar-refractivity contribution in [2.45, 2.75) is 58.9 Å². The summed E-state index contributed by atoms with van der Waals surface area (Å²) in [6.45, 7) is 7.66. The molecule has 0 aromatic heterocycles. The van der Waals surface area contributed by atoms with Crippen molar-refractivity contribution in [2.24, 2.45) is 0 Å². The van der Waals surface area contributed by atoms with Gasteiger partial charge < -0.3 is 9.80 Å². The van der Waals surface area contributed by atoms with E-state index < -0.39 is 0 Å². The predicted octanol–water partition coefficient (Wildman–Crippen LogP) is 2.04. The van der Waals surface area contributed by atoms with E-state index in [0.29, 0.717) is 19.0 Å². The molecule has 0 aromatic carbocycles. The second kappa shape index (κ2) is 7.39. The molecule has 1 rings (SSSR count). The van der Waals surface area contributed by atoms with Gasteiger partial charge in [0.15, 0.2) is 0 Å². The molecule has 0 N–H and O–H groups in total. The largest absolute Gasteiger partial charge is 0.343 e. The molecule has 1 saturated carbocycles. The lowest BCUT2D eigenvalue weighted by atomic mass is 10.2. The lowest BCUT2D eigenvalue weighted by Gasteiger charge is -2.28. The fourth-order valence-electron chi connectivity index (χ4n) is 2.76. The third-order valence-electron chi connectivity index (χ3n) is 3.85. The van der Waals surface area contributed by atoms with E-state index in [1.165, 1.54) is 12.8 Å². The van der Waals surface area contributed by atoms with E-state index in [1.54, 1.807) is 6.92 Å². The van der Waals surface area contributed by atoms with E-state index in [1.807, 2.05) is 23.6 Å². The van der Waals surface area contributed by atoms with Crippen molar-refractivity contribution < 1.29 is 9.59 Å². The number of carbonyl (C=O) groups excluding carboxylic acids is 2. The zero-order valence-corrected chi connectivity index (χ0v) is 11.9. The molecule has 1 aliphatic rings. The van der Waals surface area contributed by atoms with Crippen LogP contribution in [0.25, 0.3) is 0 Å². The van der Waals surface area contributed by atoms with Crippen LogP contribution in [-0.2, 0) is 9.59 Å². The Morgan fingerprint density at radius 1 is 1.11 bits per heavy atom. The van der Waals surface area contributed by atoms with Gasteiger partial charge in [-0.1, -0.05) is 12.8 Å². The molecule has 4 heteroatoms.